The van der Waals surface area contributed by atoms with Gasteiger partial charge in [0.15, 0.2) is 0 Å². The minimum absolute atomic E-state index is 0.322. The van der Waals surface area contributed by atoms with Gasteiger partial charge in [-0.1, -0.05) is 0 Å². The minimum atomic E-state index is 0.322. The molecule has 0 radical (unpaired) electrons. The first-order valence-corrected chi connectivity index (χ1v) is 6.10. The molecule has 0 aliphatic heterocycles. The third-order valence-corrected chi connectivity index (χ3v) is 2.79. The van der Waals surface area contributed by atoms with Crippen molar-refractivity contribution in [1.82, 2.24) is 5.32 Å². The normalized spacial score (nSPS) is 13.0. The van der Waals surface area contributed by atoms with Crippen LogP contribution >= 0.6 is 11.3 Å². The highest BCUT2D eigenvalue weighted by atomic mass is 32.1. The molecule has 0 aliphatic rings. The summed E-state index contributed by atoms with van der Waals surface area (Å²) in [7, 11) is 0. The van der Waals surface area contributed by atoms with Gasteiger partial charge in [0.05, 0.1) is 6.10 Å². The van der Waals surface area contributed by atoms with Crippen molar-refractivity contribution in [2.24, 2.45) is 0 Å². The first kappa shape index (κ1) is 11.7. The fraction of sp³-hybridized carbons (Fsp3) is 0.636. The summed E-state index contributed by atoms with van der Waals surface area (Å²) in [6.45, 7) is 6.91. The van der Waals surface area contributed by atoms with E-state index in [1.54, 1.807) is 11.3 Å². The summed E-state index contributed by atoms with van der Waals surface area (Å²) in [4.78, 5) is 0. The number of ether oxygens (including phenoxy) is 1. The highest BCUT2D eigenvalue weighted by Gasteiger charge is 1.99. The minimum Gasteiger partial charge on any atom is -0.377 e. The molecule has 80 valence electrons. The van der Waals surface area contributed by atoms with Crippen molar-refractivity contribution in [3.63, 3.8) is 0 Å². The lowest BCUT2D eigenvalue weighted by molar-refractivity contribution is 0.0763. The Morgan fingerprint density at radius 3 is 3.07 bits per heavy atom. The van der Waals surface area contributed by atoms with Crippen LogP contribution in [-0.4, -0.2) is 25.8 Å². The second-order valence-electron chi connectivity index (χ2n) is 3.35. The van der Waals surface area contributed by atoms with Crippen molar-refractivity contribution in [1.29, 1.82) is 0 Å². The van der Waals surface area contributed by atoms with Crippen LogP contribution in [0.3, 0.4) is 0 Å². The smallest absolute Gasteiger partial charge is 0.0671 e. The molecule has 0 saturated heterocycles. The third kappa shape index (κ3) is 4.74. The SMILES string of the molecule is CCOC(C)CNCCc1ccsc1. The lowest BCUT2D eigenvalue weighted by Crippen LogP contribution is -2.28. The maximum absolute atomic E-state index is 5.42. The zero-order valence-electron chi connectivity index (χ0n) is 8.95. The molecule has 1 heterocycles. The molecule has 1 atom stereocenters. The van der Waals surface area contributed by atoms with E-state index in [0.717, 1.165) is 26.1 Å². The van der Waals surface area contributed by atoms with Crippen LogP contribution in [0, 0.1) is 0 Å². The predicted octanol–water partition coefficient (Wildman–Crippen LogP) is 2.31. The highest BCUT2D eigenvalue weighted by molar-refractivity contribution is 7.07. The van der Waals surface area contributed by atoms with Crippen molar-refractivity contribution in [3.8, 4) is 0 Å². The van der Waals surface area contributed by atoms with E-state index >= 15 is 0 Å². The van der Waals surface area contributed by atoms with E-state index in [2.05, 4.69) is 29.1 Å². The fourth-order valence-corrected chi connectivity index (χ4v) is 2.02. The maximum Gasteiger partial charge on any atom is 0.0671 e. The second kappa shape index (κ2) is 6.98. The third-order valence-electron chi connectivity index (χ3n) is 2.05. The van der Waals surface area contributed by atoms with Gasteiger partial charge in [-0.2, -0.15) is 11.3 Å². The molecule has 3 heteroatoms. The molecule has 0 amide bonds. The van der Waals surface area contributed by atoms with Crippen molar-refractivity contribution in [2.45, 2.75) is 26.4 Å². The van der Waals surface area contributed by atoms with Crippen molar-refractivity contribution in [3.05, 3.63) is 22.4 Å². The molecule has 0 fully saturated rings. The Morgan fingerprint density at radius 1 is 1.57 bits per heavy atom. The molecule has 1 rings (SSSR count). The lowest BCUT2D eigenvalue weighted by atomic mass is 10.2. The van der Waals surface area contributed by atoms with Crippen LogP contribution in [0.25, 0.3) is 0 Å². The Morgan fingerprint density at radius 2 is 2.43 bits per heavy atom. The highest BCUT2D eigenvalue weighted by Crippen LogP contribution is 2.05. The Labute approximate surface area is 90.3 Å². The van der Waals surface area contributed by atoms with Crippen molar-refractivity contribution < 1.29 is 4.74 Å². The van der Waals surface area contributed by atoms with Gasteiger partial charge in [-0.15, -0.1) is 0 Å². The van der Waals surface area contributed by atoms with E-state index in [0.29, 0.717) is 6.10 Å². The lowest BCUT2D eigenvalue weighted by Gasteiger charge is -2.11. The number of thiophene rings is 1. The van der Waals surface area contributed by atoms with E-state index in [-0.39, 0.29) is 0 Å². The standard InChI is InChI=1S/C11H19NOS/c1-3-13-10(2)8-12-6-4-11-5-7-14-9-11/h5,7,9-10,12H,3-4,6,8H2,1-2H3. The Hall–Kier alpha value is -0.380. The molecule has 1 aromatic rings. The first-order valence-electron chi connectivity index (χ1n) is 5.16. The summed E-state index contributed by atoms with van der Waals surface area (Å²) in [5.74, 6) is 0. The van der Waals surface area contributed by atoms with Gasteiger partial charge in [-0.3, -0.25) is 0 Å². The average Bonchev–Trinajstić information content (AvgIpc) is 2.65. The van der Waals surface area contributed by atoms with Crippen LogP contribution in [-0.2, 0) is 11.2 Å². The number of hydrogen-bond acceptors (Lipinski definition) is 3. The quantitative estimate of drug-likeness (QED) is 0.702. The van der Waals surface area contributed by atoms with Gasteiger partial charge in [-0.25, -0.2) is 0 Å². The van der Waals surface area contributed by atoms with Crippen LogP contribution in [0.15, 0.2) is 16.8 Å². The van der Waals surface area contributed by atoms with Crippen LogP contribution < -0.4 is 5.32 Å². The molecule has 2 nitrogen and oxygen atoms in total. The van der Waals surface area contributed by atoms with Gasteiger partial charge in [0.1, 0.15) is 0 Å². The molecular weight excluding hydrogens is 194 g/mol. The van der Waals surface area contributed by atoms with Crippen molar-refractivity contribution in [2.75, 3.05) is 19.7 Å². The van der Waals surface area contributed by atoms with E-state index in [1.165, 1.54) is 5.56 Å². The van der Waals surface area contributed by atoms with Crippen LogP contribution in [0.2, 0.25) is 0 Å². The van der Waals surface area contributed by atoms with E-state index in [1.807, 2.05) is 6.92 Å². The number of nitrogens with one attached hydrogen (secondary N) is 1. The zero-order valence-corrected chi connectivity index (χ0v) is 9.77. The molecule has 0 saturated carbocycles. The zero-order chi connectivity index (χ0) is 10.2. The van der Waals surface area contributed by atoms with Crippen molar-refractivity contribution >= 4 is 11.3 Å². The molecule has 1 aromatic heterocycles. The Kier molecular flexibility index (Phi) is 5.83. The molecule has 0 aromatic carbocycles. The molecule has 1 N–H and O–H groups in total. The topological polar surface area (TPSA) is 21.3 Å². The number of rotatable bonds is 7. The summed E-state index contributed by atoms with van der Waals surface area (Å²) in [6, 6.07) is 2.18. The number of hydrogen-bond donors (Lipinski definition) is 1. The summed E-state index contributed by atoms with van der Waals surface area (Å²) < 4.78 is 5.42. The van der Waals surface area contributed by atoms with E-state index in [9.17, 15) is 0 Å². The summed E-state index contributed by atoms with van der Waals surface area (Å²) in [5.41, 5.74) is 1.42. The van der Waals surface area contributed by atoms with Gasteiger partial charge in [0.2, 0.25) is 0 Å². The second-order valence-corrected chi connectivity index (χ2v) is 4.13. The van der Waals surface area contributed by atoms with Gasteiger partial charge >= 0.3 is 0 Å². The predicted molar refractivity (Wildman–Crippen MR) is 62.0 cm³/mol. The van der Waals surface area contributed by atoms with E-state index < -0.39 is 0 Å². The van der Waals surface area contributed by atoms with Gasteiger partial charge < -0.3 is 10.1 Å². The fourth-order valence-electron chi connectivity index (χ4n) is 1.32. The van der Waals surface area contributed by atoms with Gasteiger partial charge in [-0.05, 0) is 49.2 Å². The molecule has 0 bridgehead atoms. The van der Waals surface area contributed by atoms with E-state index in [4.69, 9.17) is 4.74 Å². The first-order chi connectivity index (χ1) is 6.83. The largest absolute Gasteiger partial charge is 0.377 e. The van der Waals surface area contributed by atoms with Crippen LogP contribution in [0.4, 0.5) is 0 Å². The summed E-state index contributed by atoms with van der Waals surface area (Å²) in [6.07, 6.45) is 1.44. The van der Waals surface area contributed by atoms with Crippen LogP contribution in [0.5, 0.6) is 0 Å². The monoisotopic (exact) mass is 213 g/mol. The molecule has 14 heavy (non-hydrogen) atoms. The average molecular weight is 213 g/mol. The molecule has 0 aliphatic carbocycles. The van der Waals surface area contributed by atoms with Gasteiger partial charge in [0, 0.05) is 13.2 Å². The Balaban J connectivity index is 1.99. The van der Waals surface area contributed by atoms with Gasteiger partial charge in [0.25, 0.3) is 0 Å². The molecule has 1 unspecified atom stereocenters. The summed E-state index contributed by atoms with van der Waals surface area (Å²) in [5, 5.41) is 7.71. The molecule has 0 spiro atoms. The van der Waals surface area contributed by atoms with Crippen LogP contribution in [0.1, 0.15) is 19.4 Å². The maximum atomic E-state index is 5.42. The summed E-state index contributed by atoms with van der Waals surface area (Å²) >= 11 is 1.76. The Bertz CT molecular complexity index is 223. The molecular formula is C11H19NOS.